The number of carbonyl (C=O) groups is 1. The molecule has 2 rings (SSSR count). The molecule has 0 saturated heterocycles. The Morgan fingerprint density at radius 3 is 2.50 bits per heavy atom. The molecule has 3 nitrogen and oxygen atoms in total. The molecule has 0 heterocycles. The highest BCUT2D eigenvalue weighted by molar-refractivity contribution is 9.10. The van der Waals surface area contributed by atoms with E-state index >= 15 is 0 Å². The van der Waals surface area contributed by atoms with Gasteiger partial charge in [0.2, 0.25) is 0 Å². The predicted octanol–water partition coefficient (Wildman–Crippen LogP) is 4.02. The fourth-order valence-corrected chi connectivity index (χ4v) is 2.39. The summed E-state index contributed by atoms with van der Waals surface area (Å²) in [6.07, 6.45) is 0. The van der Waals surface area contributed by atoms with E-state index in [1.807, 2.05) is 36.4 Å². The van der Waals surface area contributed by atoms with Gasteiger partial charge in [0.05, 0.1) is 13.7 Å². The predicted molar refractivity (Wildman–Crippen MR) is 83.4 cm³/mol. The van der Waals surface area contributed by atoms with Gasteiger partial charge in [-0.05, 0) is 48.4 Å². The van der Waals surface area contributed by atoms with E-state index in [2.05, 4.69) is 15.9 Å². The van der Waals surface area contributed by atoms with Gasteiger partial charge in [0.15, 0.2) is 0 Å². The molecule has 0 N–H and O–H groups in total. The first-order valence-electron chi connectivity index (χ1n) is 6.43. The maximum atomic E-state index is 12.0. The SMILES string of the molecule is CCOC(=O)[C@](C)(Br)c1ccc2cc(OC)ccc2c1. The minimum absolute atomic E-state index is 0.284. The van der Waals surface area contributed by atoms with Crippen molar-refractivity contribution in [1.82, 2.24) is 0 Å². The van der Waals surface area contributed by atoms with Crippen LogP contribution < -0.4 is 4.74 Å². The summed E-state index contributed by atoms with van der Waals surface area (Å²) in [6.45, 7) is 3.97. The van der Waals surface area contributed by atoms with Gasteiger partial charge in [0, 0.05) is 0 Å². The van der Waals surface area contributed by atoms with Crippen LogP contribution in [-0.2, 0) is 13.9 Å². The standard InChI is InChI=1S/C16H17BrO3/c1-4-20-15(18)16(2,17)13-7-5-12-10-14(19-3)8-6-11(12)9-13/h5-10H,4H2,1-3H3/t16-/m1/s1. The van der Waals surface area contributed by atoms with Crippen molar-refractivity contribution >= 4 is 32.7 Å². The van der Waals surface area contributed by atoms with Crippen molar-refractivity contribution < 1.29 is 14.3 Å². The Bertz CT molecular complexity index is 635. The molecule has 1 atom stereocenters. The number of benzene rings is 2. The Morgan fingerprint density at radius 1 is 1.20 bits per heavy atom. The van der Waals surface area contributed by atoms with Crippen LogP contribution in [0.4, 0.5) is 0 Å². The lowest BCUT2D eigenvalue weighted by Gasteiger charge is -2.21. The summed E-state index contributed by atoms with van der Waals surface area (Å²) < 4.78 is 9.47. The summed E-state index contributed by atoms with van der Waals surface area (Å²) in [7, 11) is 1.64. The van der Waals surface area contributed by atoms with E-state index in [-0.39, 0.29) is 5.97 Å². The number of fused-ring (bicyclic) bond motifs is 1. The molecule has 2 aromatic rings. The number of ether oxygens (including phenoxy) is 2. The number of hydrogen-bond acceptors (Lipinski definition) is 3. The molecule has 0 amide bonds. The highest BCUT2D eigenvalue weighted by Crippen LogP contribution is 2.34. The summed E-state index contributed by atoms with van der Waals surface area (Å²) >= 11 is 3.47. The maximum absolute atomic E-state index is 12.0. The molecule has 20 heavy (non-hydrogen) atoms. The lowest BCUT2D eigenvalue weighted by molar-refractivity contribution is -0.145. The topological polar surface area (TPSA) is 35.5 Å². The van der Waals surface area contributed by atoms with E-state index in [4.69, 9.17) is 9.47 Å². The Balaban J connectivity index is 2.43. The van der Waals surface area contributed by atoms with E-state index < -0.39 is 4.32 Å². The highest BCUT2D eigenvalue weighted by Gasteiger charge is 2.33. The van der Waals surface area contributed by atoms with Crippen molar-refractivity contribution in [3.63, 3.8) is 0 Å². The molecule has 0 aliphatic heterocycles. The van der Waals surface area contributed by atoms with Gasteiger partial charge in [-0.3, -0.25) is 4.79 Å². The molecule has 0 unspecified atom stereocenters. The first-order chi connectivity index (χ1) is 9.48. The van der Waals surface area contributed by atoms with Gasteiger partial charge >= 0.3 is 5.97 Å². The smallest absolute Gasteiger partial charge is 0.327 e. The van der Waals surface area contributed by atoms with E-state index in [0.29, 0.717) is 6.61 Å². The molecule has 0 fully saturated rings. The van der Waals surface area contributed by atoms with Gasteiger partial charge < -0.3 is 9.47 Å². The monoisotopic (exact) mass is 336 g/mol. The first kappa shape index (κ1) is 14.9. The summed E-state index contributed by atoms with van der Waals surface area (Å²) in [6, 6.07) is 11.7. The van der Waals surface area contributed by atoms with Crippen LogP contribution in [0.15, 0.2) is 36.4 Å². The van der Waals surface area contributed by atoms with Gasteiger partial charge in [-0.15, -0.1) is 0 Å². The first-order valence-corrected chi connectivity index (χ1v) is 7.22. The second-order valence-corrected chi connectivity index (χ2v) is 6.24. The van der Waals surface area contributed by atoms with Crippen LogP contribution in [0.3, 0.4) is 0 Å². The lowest BCUT2D eigenvalue weighted by atomic mass is 9.97. The Morgan fingerprint density at radius 2 is 1.85 bits per heavy atom. The van der Waals surface area contributed by atoms with Crippen LogP contribution in [0.1, 0.15) is 19.4 Å². The molecule has 2 aromatic carbocycles. The van der Waals surface area contributed by atoms with Crippen LogP contribution in [0, 0.1) is 0 Å². The third-order valence-electron chi connectivity index (χ3n) is 3.25. The Labute approximate surface area is 127 Å². The van der Waals surface area contributed by atoms with Gasteiger partial charge in [-0.1, -0.05) is 34.1 Å². The molecule has 0 spiro atoms. The number of hydrogen-bond donors (Lipinski definition) is 0. The van der Waals surface area contributed by atoms with Gasteiger partial charge in [-0.25, -0.2) is 0 Å². The number of halogens is 1. The fraction of sp³-hybridized carbons (Fsp3) is 0.312. The van der Waals surface area contributed by atoms with E-state index in [1.54, 1.807) is 21.0 Å². The number of alkyl halides is 1. The number of rotatable bonds is 4. The largest absolute Gasteiger partial charge is 0.497 e. The molecule has 0 saturated carbocycles. The zero-order valence-electron chi connectivity index (χ0n) is 11.8. The van der Waals surface area contributed by atoms with Crippen LogP contribution in [0.25, 0.3) is 10.8 Å². The molecule has 4 heteroatoms. The van der Waals surface area contributed by atoms with E-state index in [1.165, 1.54) is 0 Å². The Kier molecular flexibility index (Phi) is 4.33. The number of esters is 1. The third-order valence-corrected chi connectivity index (χ3v) is 4.03. The average Bonchev–Trinajstić information content (AvgIpc) is 2.46. The van der Waals surface area contributed by atoms with Crippen LogP contribution in [0.5, 0.6) is 5.75 Å². The number of carbonyl (C=O) groups excluding carboxylic acids is 1. The van der Waals surface area contributed by atoms with Gasteiger partial charge in [0.25, 0.3) is 0 Å². The second-order valence-electron chi connectivity index (χ2n) is 4.65. The van der Waals surface area contributed by atoms with Crippen molar-refractivity contribution in [3.8, 4) is 5.75 Å². The second kappa shape index (κ2) is 5.83. The van der Waals surface area contributed by atoms with E-state index in [0.717, 1.165) is 22.1 Å². The average molecular weight is 337 g/mol. The van der Waals surface area contributed by atoms with Crippen molar-refractivity contribution in [1.29, 1.82) is 0 Å². The van der Waals surface area contributed by atoms with Crippen LogP contribution in [-0.4, -0.2) is 19.7 Å². The Hall–Kier alpha value is -1.55. The maximum Gasteiger partial charge on any atom is 0.327 e. The molecular formula is C16H17BrO3. The molecule has 0 radical (unpaired) electrons. The summed E-state index contributed by atoms with van der Waals surface area (Å²) in [5, 5.41) is 2.12. The quantitative estimate of drug-likeness (QED) is 0.624. The molecule has 0 aliphatic carbocycles. The summed E-state index contributed by atoms with van der Waals surface area (Å²) in [5.41, 5.74) is 0.869. The zero-order chi connectivity index (χ0) is 14.8. The van der Waals surface area contributed by atoms with Crippen molar-refractivity contribution in [2.45, 2.75) is 18.2 Å². The van der Waals surface area contributed by atoms with Crippen LogP contribution in [0.2, 0.25) is 0 Å². The van der Waals surface area contributed by atoms with Crippen LogP contribution >= 0.6 is 15.9 Å². The minimum atomic E-state index is -0.836. The lowest BCUT2D eigenvalue weighted by Crippen LogP contribution is -2.27. The summed E-state index contributed by atoms with van der Waals surface area (Å²) in [5.74, 6) is 0.533. The van der Waals surface area contributed by atoms with Gasteiger partial charge in [-0.2, -0.15) is 0 Å². The van der Waals surface area contributed by atoms with E-state index in [9.17, 15) is 4.79 Å². The third kappa shape index (κ3) is 2.80. The summed E-state index contributed by atoms with van der Waals surface area (Å²) in [4.78, 5) is 12.0. The number of methoxy groups -OCH3 is 1. The molecule has 0 aromatic heterocycles. The minimum Gasteiger partial charge on any atom is -0.497 e. The zero-order valence-corrected chi connectivity index (χ0v) is 13.4. The van der Waals surface area contributed by atoms with Crippen molar-refractivity contribution in [3.05, 3.63) is 42.0 Å². The molecule has 0 aliphatic rings. The molecule has 0 bridgehead atoms. The highest BCUT2D eigenvalue weighted by atomic mass is 79.9. The molecular weight excluding hydrogens is 320 g/mol. The fourth-order valence-electron chi connectivity index (χ4n) is 2.03. The molecule has 106 valence electrons. The van der Waals surface area contributed by atoms with Gasteiger partial charge in [0.1, 0.15) is 10.1 Å². The normalized spacial score (nSPS) is 13.8. The van der Waals surface area contributed by atoms with Crippen molar-refractivity contribution in [2.24, 2.45) is 0 Å². The van der Waals surface area contributed by atoms with Crippen molar-refractivity contribution in [2.75, 3.05) is 13.7 Å².